The third-order valence-electron chi connectivity index (χ3n) is 3.57. The number of methoxy groups -OCH3 is 1. The minimum atomic E-state index is -0.860. The molecule has 1 aromatic carbocycles. The predicted molar refractivity (Wildman–Crippen MR) is 90.3 cm³/mol. The van der Waals surface area contributed by atoms with Crippen molar-refractivity contribution >= 4 is 17.7 Å². The molecule has 0 bridgehead atoms. The number of carbonyl (C=O) groups excluding carboxylic acids is 3. The van der Waals surface area contributed by atoms with Crippen molar-refractivity contribution in [2.45, 2.75) is 39.3 Å². The molecule has 7 nitrogen and oxygen atoms in total. The van der Waals surface area contributed by atoms with Crippen molar-refractivity contribution < 1.29 is 19.1 Å². The molecule has 7 heteroatoms. The van der Waals surface area contributed by atoms with Gasteiger partial charge in [-0.1, -0.05) is 26.0 Å². The molecule has 0 saturated carbocycles. The van der Waals surface area contributed by atoms with Crippen molar-refractivity contribution in [1.82, 2.24) is 10.6 Å². The second kappa shape index (κ2) is 8.90. The fourth-order valence-corrected chi connectivity index (χ4v) is 2.24. The quantitative estimate of drug-likeness (QED) is 0.637. The number of rotatable bonds is 8. The minimum Gasteiger partial charge on any atom is -0.497 e. The van der Waals surface area contributed by atoms with E-state index < -0.39 is 23.9 Å². The smallest absolute Gasteiger partial charge is 0.243 e. The largest absolute Gasteiger partial charge is 0.497 e. The summed E-state index contributed by atoms with van der Waals surface area (Å²) in [5.74, 6) is -0.802. The van der Waals surface area contributed by atoms with Crippen LogP contribution in [-0.2, 0) is 20.8 Å². The summed E-state index contributed by atoms with van der Waals surface area (Å²) < 4.78 is 5.08. The first-order valence-corrected chi connectivity index (χ1v) is 7.74. The molecule has 0 saturated heterocycles. The predicted octanol–water partition coefficient (Wildman–Crippen LogP) is 0.369. The summed E-state index contributed by atoms with van der Waals surface area (Å²) in [6.07, 6.45) is 0.260. The number of benzene rings is 1. The van der Waals surface area contributed by atoms with Crippen LogP contribution in [0.25, 0.3) is 0 Å². The molecule has 24 heavy (non-hydrogen) atoms. The molecule has 0 fully saturated rings. The highest BCUT2D eigenvalue weighted by molar-refractivity contribution is 5.91. The Morgan fingerprint density at radius 2 is 1.71 bits per heavy atom. The standard InChI is InChI=1S/C17H25N3O4/c1-10(2)15(19-11(3)21)17(23)20-14(16(18)22)9-12-5-7-13(24-4)8-6-12/h5-8,10,14-15H,9H2,1-4H3,(H2,18,22)(H,19,21)(H,20,23)/t14-,15+/m0/s1. The van der Waals surface area contributed by atoms with E-state index in [1.54, 1.807) is 31.4 Å². The van der Waals surface area contributed by atoms with Crippen LogP contribution in [0.2, 0.25) is 0 Å². The summed E-state index contributed by atoms with van der Waals surface area (Å²) in [4.78, 5) is 35.3. The van der Waals surface area contributed by atoms with E-state index in [9.17, 15) is 14.4 Å². The molecule has 2 atom stereocenters. The van der Waals surface area contributed by atoms with Gasteiger partial charge in [0.05, 0.1) is 7.11 Å². The number of amides is 3. The Balaban J connectivity index is 2.81. The molecule has 0 unspecified atom stereocenters. The van der Waals surface area contributed by atoms with Gasteiger partial charge >= 0.3 is 0 Å². The Morgan fingerprint density at radius 1 is 1.12 bits per heavy atom. The molecule has 1 rings (SSSR count). The molecular formula is C17H25N3O4. The first-order chi connectivity index (χ1) is 11.2. The van der Waals surface area contributed by atoms with Crippen LogP contribution in [0.3, 0.4) is 0 Å². The first kappa shape index (κ1) is 19.5. The van der Waals surface area contributed by atoms with Crippen LogP contribution < -0.4 is 21.1 Å². The number of hydrogen-bond donors (Lipinski definition) is 3. The molecule has 1 aromatic rings. The van der Waals surface area contributed by atoms with Gasteiger partial charge in [0.25, 0.3) is 0 Å². The Bertz CT molecular complexity index is 584. The Morgan fingerprint density at radius 3 is 2.12 bits per heavy atom. The molecule has 132 valence electrons. The van der Waals surface area contributed by atoms with Gasteiger partial charge in [0, 0.05) is 13.3 Å². The summed E-state index contributed by atoms with van der Waals surface area (Å²) in [5.41, 5.74) is 6.23. The molecule has 0 radical (unpaired) electrons. The van der Waals surface area contributed by atoms with E-state index in [0.29, 0.717) is 5.75 Å². The van der Waals surface area contributed by atoms with Crippen LogP contribution in [0.1, 0.15) is 26.3 Å². The SMILES string of the molecule is COc1ccc(C[C@H](NC(=O)[C@H](NC(C)=O)C(C)C)C(N)=O)cc1. The van der Waals surface area contributed by atoms with E-state index >= 15 is 0 Å². The van der Waals surface area contributed by atoms with Gasteiger partial charge in [-0.25, -0.2) is 0 Å². The van der Waals surface area contributed by atoms with Crippen molar-refractivity contribution in [2.75, 3.05) is 7.11 Å². The van der Waals surface area contributed by atoms with E-state index in [4.69, 9.17) is 10.5 Å². The molecule has 0 aliphatic rings. The molecule has 0 spiro atoms. The van der Waals surface area contributed by atoms with E-state index in [1.165, 1.54) is 6.92 Å². The molecule has 0 heterocycles. The maximum atomic E-state index is 12.4. The third kappa shape index (κ3) is 5.91. The van der Waals surface area contributed by atoms with Gasteiger partial charge in [0.2, 0.25) is 17.7 Å². The molecular weight excluding hydrogens is 310 g/mol. The van der Waals surface area contributed by atoms with Crippen LogP contribution in [0.15, 0.2) is 24.3 Å². The average molecular weight is 335 g/mol. The summed E-state index contributed by atoms with van der Waals surface area (Å²) in [7, 11) is 1.56. The van der Waals surface area contributed by atoms with Gasteiger partial charge in [-0.05, 0) is 23.6 Å². The number of primary amides is 1. The molecule has 0 aliphatic carbocycles. The lowest BCUT2D eigenvalue weighted by molar-refractivity contribution is -0.131. The van der Waals surface area contributed by atoms with E-state index in [-0.39, 0.29) is 18.2 Å². The zero-order chi connectivity index (χ0) is 18.3. The number of nitrogens with two attached hydrogens (primary N) is 1. The highest BCUT2D eigenvalue weighted by Gasteiger charge is 2.27. The molecule has 4 N–H and O–H groups in total. The van der Waals surface area contributed by atoms with Gasteiger partial charge in [-0.15, -0.1) is 0 Å². The van der Waals surface area contributed by atoms with Gasteiger partial charge < -0.3 is 21.1 Å². The van der Waals surface area contributed by atoms with Crippen molar-refractivity contribution in [2.24, 2.45) is 11.7 Å². The van der Waals surface area contributed by atoms with Crippen LogP contribution in [-0.4, -0.2) is 36.9 Å². The first-order valence-electron chi connectivity index (χ1n) is 7.74. The normalized spacial score (nSPS) is 13.0. The van der Waals surface area contributed by atoms with Crippen molar-refractivity contribution in [3.8, 4) is 5.75 Å². The number of carbonyl (C=O) groups is 3. The van der Waals surface area contributed by atoms with Gasteiger partial charge in [-0.2, -0.15) is 0 Å². The van der Waals surface area contributed by atoms with Crippen molar-refractivity contribution in [3.05, 3.63) is 29.8 Å². The summed E-state index contributed by atoms with van der Waals surface area (Å²) in [6, 6.07) is 5.55. The van der Waals surface area contributed by atoms with Gasteiger partial charge in [0.15, 0.2) is 0 Å². The molecule has 0 aromatic heterocycles. The monoisotopic (exact) mass is 335 g/mol. The van der Waals surface area contributed by atoms with Crippen LogP contribution in [0, 0.1) is 5.92 Å². The highest BCUT2D eigenvalue weighted by atomic mass is 16.5. The third-order valence-corrected chi connectivity index (χ3v) is 3.57. The Kier molecular flexibility index (Phi) is 7.23. The fraction of sp³-hybridized carbons (Fsp3) is 0.471. The van der Waals surface area contributed by atoms with Crippen LogP contribution >= 0.6 is 0 Å². The zero-order valence-electron chi connectivity index (χ0n) is 14.5. The summed E-state index contributed by atoms with van der Waals surface area (Å²) in [6.45, 7) is 4.96. The number of hydrogen-bond acceptors (Lipinski definition) is 4. The van der Waals surface area contributed by atoms with Crippen LogP contribution in [0.5, 0.6) is 5.75 Å². The maximum Gasteiger partial charge on any atom is 0.243 e. The van der Waals surface area contributed by atoms with E-state index in [1.807, 2.05) is 13.8 Å². The van der Waals surface area contributed by atoms with E-state index in [0.717, 1.165) is 5.56 Å². The maximum absolute atomic E-state index is 12.4. The minimum absolute atomic E-state index is 0.122. The lowest BCUT2D eigenvalue weighted by Gasteiger charge is -2.24. The second-order valence-corrected chi connectivity index (χ2v) is 5.94. The average Bonchev–Trinajstić information content (AvgIpc) is 2.52. The van der Waals surface area contributed by atoms with Gasteiger partial charge in [-0.3, -0.25) is 14.4 Å². The Hall–Kier alpha value is -2.57. The number of nitrogens with one attached hydrogen (secondary N) is 2. The van der Waals surface area contributed by atoms with Crippen molar-refractivity contribution in [3.63, 3.8) is 0 Å². The van der Waals surface area contributed by atoms with Gasteiger partial charge in [0.1, 0.15) is 17.8 Å². The lowest BCUT2D eigenvalue weighted by atomic mass is 10.0. The topological polar surface area (TPSA) is 111 Å². The lowest BCUT2D eigenvalue weighted by Crippen LogP contribution is -2.55. The number of ether oxygens (including phenoxy) is 1. The zero-order valence-corrected chi connectivity index (χ0v) is 14.5. The summed E-state index contributed by atoms with van der Waals surface area (Å²) >= 11 is 0. The van der Waals surface area contributed by atoms with Crippen molar-refractivity contribution in [1.29, 1.82) is 0 Å². The highest BCUT2D eigenvalue weighted by Crippen LogP contribution is 2.13. The van der Waals surface area contributed by atoms with Crippen LogP contribution in [0.4, 0.5) is 0 Å². The second-order valence-electron chi connectivity index (χ2n) is 5.94. The summed E-state index contributed by atoms with van der Waals surface area (Å²) in [5, 5.41) is 5.20. The van der Waals surface area contributed by atoms with E-state index in [2.05, 4.69) is 10.6 Å². The fourth-order valence-electron chi connectivity index (χ4n) is 2.24. The Labute approximate surface area is 141 Å². The molecule has 0 aliphatic heterocycles. The molecule has 3 amide bonds.